The minimum atomic E-state index is -0.399. The number of hydrogen-bond donors (Lipinski definition) is 2. The van der Waals surface area contributed by atoms with Crippen molar-refractivity contribution in [2.45, 2.75) is 32.6 Å². The van der Waals surface area contributed by atoms with Crippen molar-refractivity contribution in [2.75, 3.05) is 0 Å². The predicted octanol–water partition coefficient (Wildman–Crippen LogP) is 3.43. The topological polar surface area (TPSA) is 44.1 Å². The number of benzene rings is 1. The summed E-state index contributed by atoms with van der Waals surface area (Å²) in [5.41, 5.74) is 0.836. The molecule has 1 atom stereocenters. The van der Waals surface area contributed by atoms with Crippen LogP contribution in [0.5, 0.6) is 5.75 Å². The molecule has 0 radical (unpaired) electrons. The molecule has 82 valence electrons. The van der Waals surface area contributed by atoms with E-state index in [-0.39, 0.29) is 17.2 Å². The summed E-state index contributed by atoms with van der Waals surface area (Å²) in [5, 5.41) is 16.9. The van der Waals surface area contributed by atoms with Crippen molar-refractivity contribution in [1.82, 2.24) is 0 Å². The summed E-state index contributed by atoms with van der Waals surface area (Å²) >= 11 is 0. The molecular weight excluding hydrogens is 193 g/mol. The highest BCUT2D eigenvalue weighted by Crippen LogP contribution is 2.31. The van der Waals surface area contributed by atoms with Crippen LogP contribution in [0.2, 0.25) is 0 Å². The van der Waals surface area contributed by atoms with Crippen LogP contribution >= 0.6 is 0 Å². The van der Waals surface area contributed by atoms with E-state index in [4.69, 9.17) is 5.41 Å². The highest BCUT2D eigenvalue weighted by atomic mass is 19.1. The third kappa shape index (κ3) is 2.55. The van der Waals surface area contributed by atoms with Gasteiger partial charge in [0.25, 0.3) is 0 Å². The Hall–Kier alpha value is -1.38. The van der Waals surface area contributed by atoms with Crippen LogP contribution in [0.3, 0.4) is 0 Å². The average molecular weight is 209 g/mol. The van der Waals surface area contributed by atoms with Crippen molar-refractivity contribution < 1.29 is 9.50 Å². The first-order chi connectivity index (χ1) is 7.10. The number of phenolic OH excluding ortho intramolecular Hbond substituents is 1. The number of nitrogens with one attached hydrogen (secondary N) is 1. The largest absolute Gasteiger partial charge is 0.507 e. The van der Waals surface area contributed by atoms with E-state index in [2.05, 4.69) is 0 Å². The lowest BCUT2D eigenvalue weighted by Crippen LogP contribution is -1.97. The number of rotatable bonds is 4. The van der Waals surface area contributed by atoms with Gasteiger partial charge in [0.2, 0.25) is 0 Å². The summed E-state index contributed by atoms with van der Waals surface area (Å²) in [6, 6.07) is 2.52. The van der Waals surface area contributed by atoms with Crippen molar-refractivity contribution in [1.29, 1.82) is 5.41 Å². The number of phenols is 1. The normalized spacial score (nSPS) is 12.5. The van der Waals surface area contributed by atoms with E-state index in [1.165, 1.54) is 12.1 Å². The Kier molecular flexibility index (Phi) is 3.83. The van der Waals surface area contributed by atoms with E-state index in [0.29, 0.717) is 5.56 Å². The van der Waals surface area contributed by atoms with E-state index in [9.17, 15) is 9.50 Å². The van der Waals surface area contributed by atoms with Gasteiger partial charge in [-0.15, -0.1) is 0 Å². The SMILES string of the molecule is CCCC(C)c1cc(F)cc(C=N)c1O. The molecule has 2 N–H and O–H groups in total. The number of aromatic hydroxyl groups is 1. The van der Waals surface area contributed by atoms with Gasteiger partial charge in [-0.3, -0.25) is 0 Å². The lowest BCUT2D eigenvalue weighted by Gasteiger charge is -2.14. The zero-order valence-electron chi connectivity index (χ0n) is 9.05. The van der Waals surface area contributed by atoms with Crippen molar-refractivity contribution in [3.05, 3.63) is 29.1 Å². The fourth-order valence-corrected chi connectivity index (χ4v) is 1.72. The van der Waals surface area contributed by atoms with Gasteiger partial charge in [0, 0.05) is 17.3 Å². The van der Waals surface area contributed by atoms with Gasteiger partial charge in [-0.2, -0.15) is 0 Å². The van der Waals surface area contributed by atoms with E-state index < -0.39 is 5.82 Å². The van der Waals surface area contributed by atoms with Crippen LogP contribution in [0, 0.1) is 11.2 Å². The van der Waals surface area contributed by atoms with Gasteiger partial charge in [-0.1, -0.05) is 20.3 Å². The first-order valence-corrected chi connectivity index (χ1v) is 5.13. The molecule has 0 aliphatic carbocycles. The van der Waals surface area contributed by atoms with Crippen molar-refractivity contribution >= 4 is 6.21 Å². The molecule has 0 aliphatic heterocycles. The minimum absolute atomic E-state index is 0.0346. The zero-order valence-corrected chi connectivity index (χ0v) is 9.05. The lowest BCUT2D eigenvalue weighted by molar-refractivity contribution is 0.456. The first-order valence-electron chi connectivity index (χ1n) is 5.13. The molecule has 0 saturated carbocycles. The molecule has 3 heteroatoms. The lowest BCUT2D eigenvalue weighted by atomic mass is 9.94. The molecule has 0 amide bonds. The van der Waals surface area contributed by atoms with Crippen LogP contribution in [0.25, 0.3) is 0 Å². The van der Waals surface area contributed by atoms with E-state index in [0.717, 1.165) is 19.1 Å². The minimum Gasteiger partial charge on any atom is -0.507 e. The van der Waals surface area contributed by atoms with Gasteiger partial charge < -0.3 is 10.5 Å². The third-order valence-electron chi connectivity index (χ3n) is 2.54. The molecule has 0 aliphatic rings. The second kappa shape index (κ2) is 4.91. The Morgan fingerprint density at radius 1 is 1.53 bits per heavy atom. The first kappa shape index (κ1) is 11.7. The van der Waals surface area contributed by atoms with Gasteiger partial charge in [0.1, 0.15) is 11.6 Å². The fourth-order valence-electron chi connectivity index (χ4n) is 1.72. The predicted molar refractivity (Wildman–Crippen MR) is 59.3 cm³/mol. The molecule has 1 unspecified atom stereocenters. The summed E-state index contributed by atoms with van der Waals surface area (Å²) in [6.07, 6.45) is 2.85. The van der Waals surface area contributed by atoms with Gasteiger partial charge >= 0.3 is 0 Å². The van der Waals surface area contributed by atoms with E-state index in [1.54, 1.807) is 0 Å². The van der Waals surface area contributed by atoms with Gasteiger partial charge in [-0.05, 0) is 24.5 Å². The van der Waals surface area contributed by atoms with E-state index in [1.807, 2.05) is 13.8 Å². The maximum absolute atomic E-state index is 13.2. The summed E-state index contributed by atoms with van der Waals surface area (Å²) in [5.74, 6) is -0.249. The molecular formula is C12H16FNO. The molecule has 2 nitrogen and oxygen atoms in total. The van der Waals surface area contributed by atoms with Crippen LogP contribution in [0.15, 0.2) is 12.1 Å². The summed E-state index contributed by atoms with van der Waals surface area (Å²) in [4.78, 5) is 0. The zero-order chi connectivity index (χ0) is 11.4. The molecule has 15 heavy (non-hydrogen) atoms. The van der Waals surface area contributed by atoms with Crippen LogP contribution in [0.4, 0.5) is 4.39 Å². The molecule has 0 bridgehead atoms. The third-order valence-corrected chi connectivity index (χ3v) is 2.54. The van der Waals surface area contributed by atoms with Crippen molar-refractivity contribution in [3.63, 3.8) is 0 Å². The van der Waals surface area contributed by atoms with Crippen molar-refractivity contribution in [2.24, 2.45) is 0 Å². The molecule has 0 spiro atoms. The molecule has 1 rings (SSSR count). The van der Waals surface area contributed by atoms with Crippen LogP contribution < -0.4 is 0 Å². The number of hydrogen-bond acceptors (Lipinski definition) is 2. The fraction of sp³-hybridized carbons (Fsp3) is 0.417. The monoisotopic (exact) mass is 209 g/mol. The molecule has 0 saturated heterocycles. The standard InChI is InChI=1S/C12H16FNO/c1-3-4-8(2)11-6-10(13)5-9(7-14)12(11)15/h5-8,14-15H,3-4H2,1-2H3. The summed E-state index contributed by atoms with van der Waals surface area (Å²) < 4.78 is 13.2. The Morgan fingerprint density at radius 2 is 2.20 bits per heavy atom. The quantitative estimate of drug-likeness (QED) is 0.733. The summed E-state index contributed by atoms with van der Waals surface area (Å²) in [7, 11) is 0. The molecule has 1 aromatic carbocycles. The maximum Gasteiger partial charge on any atom is 0.127 e. The Labute approximate surface area is 89.3 Å². The van der Waals surface area contributed by atoms with Crippen LogP contribution in [-0.4, -0.2) is 11.3 Å². The van der Waals surface area contributed by atoms with Crippen LogP contribution in [0.1, 0.15) is 43.7 Å². The maximum atomic E-state index is 13.2. The smallest absolute Gasteiger partial charge is 0.127 e. The second-order valence-corrected chi connectivity index (χ2v) is 3.77. The van der Waals surface area contributed by atoms with Gasteiger partial charge in [0.15, 0.2) is 0 Å². The van der Waals surface area contributed by atoms with Crippen molar-refractivity contribution in [3.8, 4) is 5.75 Å². The van der Waals surface area contributed by atoms with Gasteiger partial charge in [-0.25, -0.2) is 4.39 Å². The molecule has 0 fully saturated rings. The second-order valence-electron chi connectivity index (χ2n) is 3.77. The summed E-state index contributed by atoms with van der Waals surface area (Å²) in [6.45, 7) is 4.00. The Morgan fingerprint density at radius 3 is 2.73 bits per heavy atom. The molecule has 1 aromatic rings. The molecule has 0 aromatic heterocycles. The highest BCUT2D eigenvalue weighted by molar-refractivity contribution is 5.81. The number of halogens is 1. The Balaban J connectivity index is 3.16. The highest BCUT2D eigenvalue weighted by Gasteiger charge is 2.14. The van der Waals surface area contributed by atoms with E-state index >= 15 is 0 Å². The van der Waals surface area contributed by atoms with Gasteiger partial charge in [0.05, 0.1) is 0 Å². The molecule has 0 heterocycles. The Bertz CT molecular complexity index is 363. The van der Waals surface area contributed by atoms with Crippen LogP contribution in [-0.2, 0) is 0 Å². The average Bonchev–Trinajstić information content (AvgIpc) is 2.21.